The van der Waals surface area contributed by atoms with Gasteiger partial charge in [-0.15, -0.1) is 23.1 Å². The monoisotopic (exact) mass is 400 g/mol. The quantitative estimate of drug-likeness (QED) is 0.390. The zero-order valence-corrected chi connectivity index (χ0v) is 17.2. The first-order valence-corrected chi connectivity index (χ1v) is 10.5. The summed E-state index contributed by atoms with van der Waals surface area (Å²) in [4.78, 5) is 35.2. The first kappa shape index (κ1) is 19.4. The lowest BCUT2D eigenvalue weighted by atomic mass is 10.1. The Kier molecular flexibility index (Phi) is 5.82. The van der Waals surface area contributed by atoms with E-state index in [-0.39, 0.29) is 23.6 Å². The lowest BCUT2D eigenvalue weighted by Gasteiger charge is -2.07. The van der Waals surface area contributed by atoms with Gasteiger partial charge in [-0.2, -0.15) is 0 Å². The number of benzene rings is 1. The maximum Gasteiger partial charge on any atom is 0.341 e. The number of fused-ring (bicyclic) bond motifs is 1. The molecule has 0 bridgehead atoms. The van der Waals surface area contributed by atoms with Crippen LogP contribution in [-0.2, 0) is 9.53 Å². The standard InChI is InChI=1S/C20H20N2O3S2/c1-5-25-20(24)15(10-13-6-8-14(26-4)9-7-13)17-21-18(23)16-11(2)12(3)27-19(16)22-17/h6-10H,5H2,1-4H3,(H,21,22,23)/b15-10-. The van der Waals surface area contributed by atoms with E-state index in [1.54, 1.807) is 24.8 Å². The van der Waals surface area contributed by atoms with Crippen LogP contribution in [0.25, 0.3) is 21.9 Å². The average Bonchev–Trinajstić information content (AvgIpc) is 2.94. The van der Waals surface area contributed by atoms with Crippen LogP contribution in [-0.4, -0.2) is 28.8 Å². The summed E-state index contributed by atoms with van der Waals surface area (Å²) in [5.41, 5.74) is 1.74. The summed E-state index contributed by atoms with van der Waals surface area (Å²) in [5.74, 6) is -0.292. The third kappa shape index (κ3) is 3.99. The van der Waals surface area contributed by atoms with E-state index in [1.807, 2.05) is 44.4 Å². The van der Waals surface area contributed by atoms with Crippen LogP contribution in [0, 0.1) is 13.8 Å². The minimum absolute atomic E-state index is 0.223. The van der Waals surface area contributed by atoms with Crippen LogP contribution in [0.1, 0.15) is 28.8 Å². The molecule has 140 valence electrons. The number of nitrogens with one attached hydrogen (secondary N) is 1. The van der Waals surface area contributed by atoms with E-state index in [4.69, 9.17) is 4.74 Å². The topological polar surface area (TPSA) is 72.0 Å². The highest BCUT2D eigenvalue weighted by Gasteiger charge is 2.19. The van der Waals surface area contributed by atoms with Crippen LogP contribution >= 0.6 is 23.1 Å². The molecule has 0 amide bonds. The van der Waals surface area contributed by atoms with E-state index in [9.17, 15) is 9.59 Å². The highest BCUT2D eigenvalue weighted by atomic mass is 32.2. The number of aromatic nitrogens is 2. The van der Waals surface area contributed by atoms with Crippen molar-refractivity contribution < 1.29 is 9.53 Å². The molecule has 0 aliphatic carbocycles. The Hall–Kier alpha value is -2.38. The Morgan fingerprint density at radius 1 is 1.30 bits per heavy atom. The number of thioether (sulfide) groups is 1. The Balaban J connectivity index is 2.15. The van der Waals surface area contributed by atoms with Crippen LogP contribution < -0.4 is 5.56 Å². The first-order valence-electron chi connectivity index (χ1n) is 8.47. The van der Waals surface area contributed by atoms with Crippen molar-refractivity contribution in [3.05, 3.63) is 56.4 Å². The molecule has 27 heavy (non-hydrogen) atoms. The maximum absolute atomic E-state index is 12.6. The van der Waals surface area contributed by atoms with Gasteiger partial charge in [-0.1, -0.05) is 12.1 Å². The lowest BCUT2D eigenvalue weighted by molar-refractivity contribution is -0.136. The van der Waals surface area contributed by atoms with Crippen LogP contribution in [0.2, 0.25) is 0 Å². The second kappa shape index (κ2) is 8.10. The summed E-state index contributed by atoms with van der Waals surface area (Å²) < 4.78 is 5.19. The summed E-state index contributed by atoms with van der Waals surface area (Å²) in [7, 11) is 0. The number of hydrogen-bond acceptors (Lipinski definition) is 6. The Morgan fingerprint density at radius 2 is 2.00 bits per heavy atom. The second-order valence-electron chi connectivity index (χ2n) is 5.93. The number of aryl methyl sites for hydroxylation is 2. The fraction of sp³-hybridized carbons (Fsp3) is 0.250. The summed E-state index contributed by atoms with van der Waals surface area (Å²) in [6.07, 6.45) is 3.70. The number of aromatic amines is 1. The van der Waals surface area contributed by atoms with E-state index in [0.29, 0.717) is 10.2 Å². The molecule has 2 aromatic heterocycles. The van der Waals surface area contributed by atoms with Gasteiger partial charge in [-0.05, 0) is 56.4 Å². The minimum Gasteiger partial charge on any atom is -0.462 e. The van der Waals surface area contributed by atoms with Crippen LogP contribution in [0.5, 0.6) is 0 Å². The van der Waals surface area contributed by atoms with Gasteiger partial charge in [0.15, 0.2) is 0 Å². The third-order valence-corrected chi connectivity index (χ3v) is 6.06. The van der Waals surface area contributed by atoms with Gasteiger partial charge in [0.05, 0.1) is 12.0 Å². The van der Waals surface area contributed by atoms with E-state index < -0.39 is 5.97 Å². The molecule has 7 heteroatoms. The van der Waals surface area contributed by atoms with Crippen molar-refractivity contribution in [2.45, 2.75) is 25.7 Å². The molecule has 1 N–H and O–H groups in total. The molecule has 0 saturated heterocycles. The van der Waals surface area contributed by atoms with Gasteiger partial charge in [0.25, 0.3) is 5.56 Å². The molecule has 3 rings (SSSR count). The van der Waals surface area contributed by atoms with Gasteiger partial charge in [-0.25, -0.2) is 9.78 Å². The van der Waals surface area contributed by atoms with E-state index in [1.165, 1.54) is 11.3 Å². The van der Waals surface area contributed by atoms with Crippen molar-refractivity contribution in [1.29, 1.82) is 0 Å². The van der Waals surface area contributed by atoms with Gasteiger partial charge in [-0.3, -0.25) is 4.79 Å². The molecule has 0 radical (unpaired) electrons. The zero-order valence-electron chi connectivity index (χ0n) is 15.6. The normalized spacial score (nSPS) is 11.8. The number of carbonyl (C=O) groups excluding carboxylic acids is 1. The number of carbonyl (C=O) groups is 1. The van der Waals surface area contributed by atoms with Crippen molar-refractivity contribution in [2.75, 3.05) is 12.9 Å². The van der Waals surface area contributed by atoms with Crippen molar-refractivity contribution in [1.82, 2.24) is 9.97 Å². The minimum atomic E-state index is -0.515. The second-order valence-corrected chi connectivity index (χ2v) is 8.01. The van der Waals surface area contributed by atoms with Crippen molar-refractivity contribution in [3.8, 4) is 0 Å². The number of esters is 1. The Labute approximate surface area is 165 Å². The van der Waals surface area contributed by atoms with Crippen molar-refractivity contribution >= 4 is 50.9 Å². The molecule has 0 atom stereocenters. The van der Waals surface area contributed by atoms with Crippen LogP contribution in [0.15, 0.2) is 34.0 Å². The Bertz CT molecular complexity index is 1080. The number of hydrogen-bond donors (Lipinski definition) is 1. The molecule has 2 heterocycles. The highest BCUT2D eigenvalue weighted by molar-refractivity contribution is 7.98. The molecule has 0 aliphatic rings. The molecule has 0 spiro atoms. The summed E-state index contributed by atoms with van der Waals surface area (Å²) in [5, 5.41) is 0.578. The molecule has 5 nitrogen and oxygen atoms in total. The van der Waals surface area contributed by atoms with E-state index >= 15 is 0 Å². The van der Waals surface area contributed by atoms with E-state index in [2.05, 4.69) is 9.97 Å². The summed E-state index contributed by atoms with van der Waals surface area (Å²) >= 11 is 3.09. The predicted molar refractivity (Wildman–Crippen MR) is 112 cm³/mol. The third-order valence-electron chi connectivity index (χ3n) is 4.22. The van der Waals surface area contributed by atoms with Gasteiger partial charge in [0, 0.05) is 9.77 Å². The van der Waals surface area contributed by atoms with Crippen molar-refractivity contribution in [3.63, 3.8) is 0 Å². The predicted octanol–water partition coefficient (Wildman–Crippen LogP) is 4.43. The molecule has 3 aromatic rings. The number of nitrogens with zero attached hydrogens (tertiary/aromatic N) is 1. The van der Waals surface area contributed by atoms with Gasteiger partial charge < -0.3 is 9.72 Å². The first-order chi connectivity index (χ1) is 12.9. The van der Waals surface area contributed by atoms with Crippen molar-refractivity contribution in [2.24, 2.45) is 0 Å². The number of H-pyrrole nitrogens is 1. The molecule has 0 unspecified atom stereocenters. The largest absolute Gasteiger partial charge is 0.462 e. The SMILES string of the molecule is CCOC(=O)/C(=C\c1ccc(SC)cc1)c1nc2sc(C)c(C)c2c(=O)[nH]1. The van der Waals surface area contributed by atoms with Gasteiger partial charge >= 0.3 is 5.97 Å². The smallest absolute Gasteiger partial charge is 0.341 e. The molecular weight excluding hydrogens is 380 g/mol. The zero-order chi connectivity index (χ0) is 19.6. The van der Waals surface area contributed by atoms with Gasteiger partial charge in [0.2, 0.25) is 0 Å². The fourth-order valence-corrected chi connectivity index (χ4v) is 4.12. The maximum atomic E-state index is 12.6. The molecule has 0 saturated carbocycles. The summed E-state index contributed by atoms with van der Waals surface area (Å²) in [6, 6.07) is 7.79. The molecule has 0 fully saturated rings. The highest BCUT2D eigenvalue weighted by Crippen LogP contribution is 2.27. The molecule has 0 aliphatic heterocycles. The average molecular weight is 401 g/mol. The lowest BCUT2D eigenvalue weighted by Crippen LogP contribution is -2.15. The van der Waals surface area contributed by atoms with Crippen LogP contribution in [0.4, 0.5) is 0 Å². The van der Waals surface area contributed by atoms with Crippen LogP contribution in [0.3, 0.4) is 0 Å². The Morgan fingerprint density at radius 3 is 2.63 bits per heavy atom. The number of thiophene rings is 1. The van der Waals surface area contributed by atoms with E-state index in [0.717, 1.165) is 20.9 Å². The number of ether oxygens (including phenoxy) is 1. The number of rotatable bonds is 5. The fourth-order valence-electron chi connectivity index (χ4n) is 2.68. The molecular formula is C20H20N2O3S2. The summed E-state index contributed by atoms with van der Waals surface area (Å²) in [6.45, 7) is 5.84. The molecule has 1 aromatic carbocycles. The van der Waals surface area contributed by atoms with Gasteiger partial charge in [0.1, 0.15) is 16.2 Å².